The van der Waals surface area contributed by atoms with Gasteiger partial charge in [-0.2, -0.15) is 0 Å². The third kappa shape index (κ3) is 3.41. The lowest BCUT2D eigenvalue weighted by molar-refractivity contribution is -0.137. The minimum absolute atomic E-state index is 0.196. The number of halogens is 2. The maximum atomic E-state index is 13.5. The fourth-order valence-corrected chi connectivity index (χ4v) is 2.66. The summed E-state index contributed by atoms with van der Waals surface area (Å²) in [6.07, 6.45) is -0.227. The van der Waals surface area contributed by atoms with Crippen LogP contribution in [0, 0.1) is 11.6 Å². The molecule has 1 aliphatic heterocycles. The van der Waals surface area contributed by atoms with E-state index in [0.717, 1.165) is 18.6 Å². The van der Waals surface area contributed by atoms with Gasteiger partial charge in [0.1, 0.15) is 23.8 Å². The molecule has 1 heterocycles. The summed E-state index contributed by atoms with van der Waals surface area (Å²) in [6, 6.07) is 2.69. The molecule has 22 heavy (non-hydrogen) atoms. The van der Waals surface area contributed by atoms with Crippen LogP contribution in [0.25, 0.3) is 0 Å². The zero-order chi connectivity index (χ0) is 16.3. The zero-order valence-corrected chi connectivity index (χ0v) is 12.2. The van der Waals surface area contributed by atoms with Crippen LogP contribution >= 0.6 is 0 Å². The molecule has 5 nitrogen and oxygen atoms in total. The van der Waals surface area contributed by atoms with E-state index in [1.165, 1.54) is 17.9 Å². The van der Waals surface area contributed by atoms with E-state index < -0.39 is 35.3 Å². The summed E-state index contributed by atoms with van der Waals surface area (Å²) in [5.74, 6) is -2.36. The second-order valence-electron chi connectivity index (χ2n) is 5.27. The van der Waals surface area contributed by atoms with Crippen molar-refractivity contribution in [1.82, 2.24) is 10.2 Å². The predicted octanol–water partition coefficient (Wildman–Crippen LogP) is 1.13. The molecule has 0 radical (unpaired) electrons. The lowest BCUT2D eigenvalue weighted by Gasteiger charge is -2.23. The Kier molecular flexibility index (Phi) is 5.07. The SMILES string of the molecule is CC(=O)N1CCCC1C(=O)NCC(O)c1c(F)cccc1F. The van der Waals surface area contributed by atoms with Crippen LogP contribution in [-0.4, -0.2) is 41.0 Å². The van der Waals surface area contributed by atoms with Crippen molar-refractivity contribution in [3.8, 4) is 0 Å². The second-order valence-corrected chi connectivity index (χ2v) is 5.27. The lowest BCUT2D eigenvalue weighted by atomic mass is 10.1. The van der Waals surface area contributed by atoms with Crippen LogP contribution in [-0.2, 0) is 9.59 Å². The maximum absolute atomic E-state index is 13.5. The molecule has 0 spiro atoms. The highest BCUT2D eigenvalue weighted by molar-refractivity contribution is 5.87. The smallest absolute Gasteiger partial charge is 0.242 e. The van der Waals surface area contributed by atoms with Crippen LogP contribution in [0.5, 0.6) is 0 Å². The van der Waals surface area contributed by atoms with Gasteiger partial charge in [0.25, 0.3) is 0 Å². The van der Waals surface area contributed by atoms with Crippen LogP contribution in [0.2, 0.25) is 0 Å². The number of nitrogens with zero attached hydrogens (tertiary/aromatic N) is 1. The van der Waals surface area contributed by atoms with Gasteiger partial charge in [-0.05, 0) is 25.0 Å². The fraction of sp³-hybridized carbons (Fsp3) is 0.467. The van der Waals surface area contributed by atoms with E-state index in [-0.39, 0.29) is 12.5 Å². The van der Waals surface area contributed by atoms with Gasteiger partial charge in [0, 0.05) is 20.0 Å². The topological polar surface area (TPSA) is 69.6 Å². The van der Waals surface area contributed by atoms with Crippen LogP contribution in [0.3, 0.4) is 0 Å². The molecular formula is C15H18F2N2O3. The molecule has 1 saturated heterocycles. The predicted molar refractivity (Wildman–Crippen MR) is 74.7 cm³/mol. The number of aliphatic hydroxyl groups excluding tert-OH is 1. The number of rotatable bonds is 4. The average molecular weight is 312 g/mol. The molecule has 1 fully saturated rings. The van der Waals surface area contributed by atoms with E-state index in [9.17, 15) is 23.5 Å². The van der Waals surface area contributed by atoms with Gasteiger partial charge in [-0.3, -0.25) is 9.59 Å². The van der Waals surface area contributed by atoms with Crippen molar-refractivity contribution in [3.05, 3.63) is 35.4 Å². The number of amides is 2. The second kappa shape index (κ2) is 6.83. The summed E-state index contributed by atoms with van der Waals surface area (Å²) in [6.45, 7) is 1.58. The Morgan fingerprint density at radius 3 is 2.64 bits per heavy atom. The summed E-state index contributed by atoms with van der Waals surface area (Å²) < 4.78 is 27.1. The Balaban J connectivity index is 1.98. The van der Waals surface area contributed by atoms with E-state index in [1.54, 1.807) is 0 Å². The molecule has 2 atom stereocenters. The summed E-state index contributed by atoms with van der Waals surface area (Å²) in [7, 11) is 0. The highest BCUT2D eigenvalue weighted by atomic mass is 19.1. The quantitative estimate of drug-likeness (QED) is 0.875. The minimum Gasteiger partial charge on any atom is -0.386 e. The number of hydrogen-bond acceptors (Lipinski definition) is 3. The number of carbonyl (C=O) groups is 2. The Labute approximate surface area is 126 Å². The Morgan fingerprint density at radius 2 is 2.05 bits per heavy atom. The highest BCUT2D eigenvalue weighted by Gasteiger charge is 2.32. The highest BCUT2D eigenvalue weighted by Crippen LogP contribution is 2.21. The molecule has 0 aliphatic carbocycles. The number of nitrogens with one attached hydrogen (secondary N) is 1. The van der Waals surface area contributed by atoms with E-state index in [0.29, 0.717) is 13.0 Å². The summed E-state index contributed by atoms with van der Waals surface area (Å²) in [5, 5.41) is 12.3. The van der Waals surface area contributed by atoms with Gasteiger partial charge in [0.05, 0.1) is 5.56 Å². The molecule has 2 N–H and O–H groups in total. The monoisotopic (exact) mass is 312 g/mol. The molecular weight excluding hydrogens is 294 g/mol. The summed E-state index contributed by atoms with van der Waals surface area (Å²) in [4.78, 5) is 24.9. The van der Waals surface area contributed by atoms with Crippen molar-refractivity contribution in [2.75, 3.05) is 13.1 Å². The first-order chi connectivity index (χ1) is 10.4. The van der Waals surface area contributed by atoms with Crippen LogP contribution in [0.15, 0.2) is 18.2 Å². The van der Waals surface area contributed by atoms with Crippen molar-refractivity contribution in [3.63, 3.8) is 0 Å². The fourth-order valence-electron chi connectivity index (χ4n) is 2.66. The number of likely N-dealkylation sites (tertiary alicyclic amines) is 1. The van der Waals surface area contributed by atoms with Gasteiger partial charge in [-0.15, -0.1) is 0 Å². The average Bonchev–Trinajstić information content (AvgIpc) is 2.94. The molecule has 1 aromatic carbocycles. The Bertz CT molecular complexity index is 560. The van der Waals surface area contributed by atoms with Gasteiger partial charge in [-0.1, -0.05) is 6.07 Å². The number of aliphatic hydroxyl groups is 1. The summed E-state index contributed by atoms with van der Waals surface area (Å²) in [5.41, 5.74) is -0.474. The van der Waals surface area contributed by atoms with Crippen LogP contribution < -0.4 is 5.32 Å². The molecule has 1 aromatic rings. The van der Waals surface area contributed by atoms with Crippen LogP contribution in [0.4, 0.5) is 8.78 Å². The van der Waals surface area contributed by atoms with E-state index in [1.807, 2.05) is 0 Å². The first-order valence-electron chi connectivity index (χ1n) is 7.08. The molecule has 2 rings (SSSR count). The van der Waals surface area contributed by atoms with Gasteiger partial charge in [0.15, 0.2) is 0 Å². The van der Waals surface area contributed by atoms with E-state index >= 15 is 0 Å². The van der Waals surface area contributed by atoms with Crippen molar-refractivity contribution < 1.29 is 23.5 Å². The molecule has 0 aromatic heterocycles. The largest absolute Gasteiger partial charge is 0.386 e. The van der Waals surface area contributed by atoms with Gasteiger partial charge in [-0.25, -0.2) is 8.78 Å². The third-order valence-corrected chi connectivity index (χ3v) is 3.76. The molecule has 120 valence electrons. The molecule has 0 bridgehead atoms. The normalized spacial score (nSPS) is 19.1. The molecule has 2 amide bonds. The lowest BCUT2D eigenvalue weighted by Crippen LogP contribution is -2.46. The standard InChI is InChI=1S/C15H18F2N2O3/c1-9(20)19-7-3-6-12(19)15(22)18-8-13(21)14-10(16)4-2-5-11(14)17/h2,4-5,12-13,21H,3,6-8H2,1H3,(H,18,22). The van der Waals surface area contributed by atoms with Crippen molar-refractivity contribution in [2.24, 2.45) is 0 Å². The summed E-state index contributed by atoms with van der Waals surface area (Å²) >= 11 is 0. The third-order valence-electron chi connectivity index (χ3n) is 3.76. The first kappa shape index (κ1) is 16.4. The first-order valence-corrected chi connectivity index (χ1v) is 7.08. The molecule has 0 saturated carbocycles. The molecule has 7 heteroatoms. The Hall–Kier alpha value is -2.02. The van der Waals surface area contributed by atoms with Crippen molar-refractivity contribution in [1.29, 1.82) is 0 Å². The van der Waals surface area contributed by atoms with Gasteiger partial charge < -0.3 is 15.3 Å². The van der Waals surface area contributed by atoms with Crippen molar-refractivity contribution >= 4 is 11.8 Å². The number of benzene rings is 1. The minimum atomic E-state index is -1.49. The zero-order valence-electron chi connectivity index (χ0n) is 12.2. The van der Waals surface area contributed by atoms with Crippen LogP contribution in [0.1, 0.15) is 31.4 Å². The Morgan fingerprint density at radius 1 is 1.41 bits per heavy atom. The maximum Gasteiger partial charge on any atom is 0.242 e. The molecule has 1 aliphatic rings. The van der Waals surface area contributed by atoms with E-state index in [4.69, 9.17) is 0 Å². The van der Waals surface area contributed by atoms with Crippen molar-refractivity contribution in [2.45, 2.75) is 31.9 Å². The van der Waals surface area contributed by atoms with Gasteiger partial charge >= 0.3 is 0 Å². The molecule has 2 unspecified atom stereocenters. The number of hydrogen-bond donors (Lipinski definition) is 2. The van der Waals surface area contributed by atoms with Gasteiger partial charge in [0.2, 0.25) is 11.8 Å². The number of carbonyl (C=O) groups excluding carboxylic acids is 2. The van der Waals surface area contributed by atoms with E-state index in [2.05, 4.69) is 5.32 Å².